The monoisotopic (exact) mass is 230 g/mol. The van der Waals surface area contributed by atoms with Crippen LogP contribution in [0.3, 0.4) is 0 Å². The van der Waals surface area contributed by atoms with Crippen LogP contribution in [0.5, 0.6) is 0 Å². The van der Waals surface area contributed by atoms with Crippen LogP contribution < -0.4 is 0 Å². The first-order valence-electron chi connectivity index (χ1n) is 6.84. The SMILES string of the molecule is CC1CCCCC1CCc1ccccc1C=O. The zero-order chi connectivity index (χ0) is 12.1. The summed E-state index contributed by atoms with van der Waals surface area (Å²) in [7, 11) is 0. The van der Waals surface area contributed by atoms with E-state index in [9.17, 15) is 4.79 Å². The van der Waals surface area contributed by atoms with Crippen molar-refractivity contribution in [3.63, 3.8) is 0 Å². The number of hydrogen-bond donors (Lipinski definition) is 0. The Balaban J connectivity index is 1.94. The van der Waals surface area contributed by atoms with Crippen LogP contribution in [0, 0.1) is 11.8 Å². The van der Waals surface area contributed by atoms with E-state index in [0.717, 1.165) is 30.1 Å². The number of benzene rings is 1. The third-order valence-electron chi connectivity index (χ3n) is 4.26. The lowest BCUT2D eigenvalue weighted by Crippen LogP contribution is -2.17. The predicted molar refractivity (Wildman–Crippen MR) is 71.3 cm³/mol. The van der Waals surface area contributed by atoms with Crippen LogP contribution in [0.15, 0.2) is 24.3 Å². The topological polar surface area (TPSA) is 17.1 Å². The van der Waals surface area contributed by atoms with Crippen LogP contribution in [0.25, 0.3) is 0 Å². The molecule has 92 valence electrons. The maximum absolute atomic E-state index is 10.9. The van der Waals surface area contributed by atoms with Crippen molar-refractivity contribution >= 4 is 6.29 Å². The highest BCUT2D eigenvalue weighted by atomic mass is 16.1. The van der Waals surface area contributed by atoms with Crippen molar-refractivity contribution in [1.82, 2.24) is 0 Å². The van der Waals surface area contributed by atoms with Crippen LogP contribution in [-0.4, -0.2) is 6.29 Å². The molecule has 0 radical (unpaired) electrons. The second-order valence-corrected chi connectivity index (χ2v) is 5.38. The third-order valence-corrected chi connectivity index (χ3v) is 4.26. The van der Waals surface area contributed by atoms with Crippen molar-refractivity contribution in [3.05, 3.63) is 35.4 Å². The second kappa shape index (κ2) is 6.00. The van der Waals surface area contributed by atoms with Crippen molar-refractivity contribution in [3.8, 4) is 0 Å². The summed E-state index contributed by atoms with van der Waals surface area (Å²) < 4.78 is 0. The Morgan fingerprint density at radius 1 is 1.24 bits per heavy atom. The van der Waals surface area contributed by atoms with Crippen molar-refractivity contribution in [2.75, 3.05) is 0 Å². The lowest BCUT2D eigenvalue weighted by molar-refractivity contribution is 0.112. The van der Waals surface area contributed by atoms with E-state index >= 15 is 0 Å². The quantitative estimate of drug-likeness (QED) is 0.706. The number of hydrogen-bond acceptors (Lipinski definition) is 1. The third kappa shape index (κ3) is 3.18. The van der Waals surface area contributed by atoms with Crippen LogP contribution in [0.1, 0.15) is 54.9 Å². The average molecular weight is 230 g/mol. The Morgan fingerprint density at radius 2 is 2.00 bits per heavy atom. The number of carbonyl (C=O) groups excluding carboxylic acids is 1. The smallest absolute Gasteiger partial charge is 0.150 e. The highest BCUT2D eigenvalue weighted by molar-refractivity contribution is 5.77. The van der Waals surface area contributed by atoms with Gasteiger partial charge in [-0.3, -0.25) is 4.79 Å². The van der Waals surface area contributed by atoms with Gasteiger partial charge < -0.3 is 0 Å². The Labute approximate surface area is 104 Å². The number of rotatable bonds is 4. The molecule has 1 saturated carbocycles. The molecular weight excluding hydrogens is 208 g/mol. The summed E-state index contributed by atoms with van der Waals surface area (Å²) in [5, 5.41) is 0. The van der Waals surface area contributed by atoms with Crippen LogP contribution in [-0.2, 0) is 6.42 Å². The first-order chi connectivity index (χ1) is 8.31. The van der Waals surface area contributed by atoms with Gasteiger partial charge in [0.15, 0.2) is 0 Å². The van der Waals surface area contributed by atoms with Gasteiger partial charge in [-0.05, 0) is 30.2 Å². The molecule has 2 atom stereocenters. The van der Waals surface area contributed by atoms with Gasteiger partial charge in [-0.1, -0.05) is 56.9 Å². The van der Waals surface area contributed by atoms with E-state index < -0.39 is 0 Å². The number of carbonyl (C=O) groups is 1. The number of aldehydes is 1. The summed E-state index contributed by atoms with van der Waals surface area (Å²) in [5.41, 5.74) is 2.09. The predicted octanol–water partition coefficient (Wildman–Crippen LogP) is 4.26. The molecule has 1 aromatic carbocycles. The fourth-order valence-corrected chi connectivity index (χ4v) is 3.04. The van der Waals surface area contributed by atoms with Crippen LogP contribution >= 0.6 is 0 Å². The minimum absolute atomic E-state index is 0.864. The largest absolute Gasteiger partial charge is 0.298 e. The summed E-state index contributed by atoms with van der Waals surface area (Å²) in [6, 6.07) is 7.99. The maximum Gasteiger partial charge on any atom is 0.150 e. The molecule has 0 saturated heterocycles. The molecule has 2 rings (SSSR count). The van der Waals surface area contributed by atoms with Crippen molar-refractivity contribution < 1.29 is 4.79 Å². The Bertz CT molecular complexity index is 370. The minimum Gasteiger partial charge on any atom is -0.298 e. The minimum atomic E-state index is 0.864. The molecular formula is C16H22O. The molecule has 17 heavy (non-hydrogen) atoms. The number of aryl methyl sites for hydroxylation is 1. The molecule has 0 bridgehead atoms. The Morgan fingerprint density at radius 3 is 2.76 bits per heavy atom. The first kappa shape index (κ1) is 12.3. The van der Waals surface area contributed by atoms with Crippen molar-refractivity contribution in [1.29, 1.82) is 0 Å². The van der Waals surface area contributed by atoms with E-state index in [1.165, 1.54) is 37.7 Å². The van der Waals surface area contributed by atoms with Gasteiger partial charge in [-0.15, -0.1) is 0 Å². The summed E-state index contributed by atoms with van der Waals surface area (Å²) in [6.07, 6.45) is 8.85. The standard InChI is InChI=1S/C16H22O/c1-13-6-2-3-7-14(13)10-11-15-8-4-5-9-16(15)12-17/h4-5,8-9,12-14H,2-3,6-7,10-11H2,1H3. The molecule has 1 heteroatoms. The lowest BCUT2D eigenvalue weighted by atomic mass is 9.77. The van der Waals surface area contributed by atoms with Crippen LogP contribution in [0.4, 0.5) is 0 Å². The fourth-order valence-electron chi connectivity index (χ4n) is 3.04. The lowest BCUT2D eigenvalue weighted by Gasteiger charge is -2.28. The van der Waals surface area contributed by atoms with Gasteiger partial charge in [0.25, 0.3) is 0 Å². The van der Waals surface area contributed by atoms with Gasteiger partial charge in [0.1, 0.15) is 6.29 Å². The zero-order valence-corrected chi connectivity index (χ0v) is 10.7. The second-order valence-electron chi connectivity index (χ2n) is 5.38. The molecule has 0 amide bonds. The molecule has 1 aliphatic carbocycles. The summed E-state index contributed by atoms with van der Waals surface area (Å²) >= 11 is 0. The normalized spacial score (nSPS) is 24.5. The molecule has 0 aromatic heterocycles. The maximum atomic E-state index is 10.9. The Hall–Kier alpha value is -1.11. The van der Waals surface area contributed by atoms with E-state index in [1.54, 1.807) is 0 Å². The fraction of sp³-hybridized carbons (Fsp3) is 0.562. The molecule has 1 aliphatic rings. The molecule has 1 aromatic rings. The summed E-state index contributed by atoms with van der Waals surface area (Å²) in [6.45, 7) is 2.38. The summed E-state index contributed by atoms with van der Waals surface area (Å²) in [5.74, 6) is 1.73. The van der Waals surface area contributed by atoms with Gasteiger partial charge in [-0.2, -0.15) is 0 Å². The van der Waals surface area contributed by atoms with Gasteiger partial charge in [-0.25, -0.2) is 0 Å². The van der Waals surface area contributed by atoms with Gasteiger partial charge >= 0.3 is 0 Å². The van der Waals surface area contributed by atoms with Gasteiger partial charge in [0.05, 0.1) is 0 Å². The highest BCUT2D eigenvalue weighted by Gasteiger charge is 2.20. The van der Waals surface area contributed by atoms with E-state index in [0.29, 0.717) is 0 Å². The highest BCUT2D eigenvalue weighted by Crippen LogP contribution is 2.32. The summed E-state index contributed by atoms with van der Waals surface area (Å²) in [4.78, 5) is 10.9. The first-order valence-corrected chi connectivity index (χ1v) is 6.84. The van der Waals surface area contributed by atoms with E-state index in [2.05, 4.69) is 13.0 Å². The van der Waals surface area contributed by atoms with E-state index in [4.69, 9.17) is 0 Å². The zero-order valence-electron chi connectivity index (χ0n) is 10.7. The molecule has 1 fully saturated rings. The Kier molecular flexibility index (Phi) is 4.36. The van der Waals surface area contributed by atoms with Crippen LogP contribution in [0.2, 0.25) is 0 Å². The molecule has 0 heterocycles. The molecule has 1 nitrogen and oxygen atoms in total. The van der Waals surface area contributed by atoms with E-state index in [1.807, 2.05) is 18.2 Å². The molecule has 0 spiro atoms. The molecule has 0 aliphatic heterocycles. The average Bonchev–Trinajstić information content (AvgIpc) is 2.38. The van der Waals surface area contributed by atoms with Gasteiger partial charge in [0.2, 0.25) is 0 Å². The molecule has 2 unspecified atom stereocenters. The van der Waals surface area contributed by atoms with Gasteiger partial charge in [0, 0.05) is 5.56 Å². The van der Waals surface area contributed by atoms with Crippen molar-refractivity contribution in [2.45, 2.75) is 45.4 Å². The molecule has 0 N–H and O–H groups in total. The van der Waals surface area contributed by atoms with E-state index in [-0.39, 0.29) is 0 Å². The van der Waals surface area contributed by atoms with Crippen molar-refractivity contribution in [2.24, 2.45) is 11.8 Å².